The molecule has 7 aromatic carbocycles. The first-order chi connectivity index (χ1) is 25.7. The smallest absolute Gasteiger partial charge is 0.164 e. The quantitative estimate of drug-likeness (QED) is 0.183. The van der Waals surface area contributed by atoms with Crippen LogP contribution in [0.2, 0.25) is 0 Å². The number of benzene rings is 7. The minimum absolute atomic E-state index is 0.605. The van der Waals surface area contributed by atoms with Crippen molar-refractivity contribution in [3.63, 3.8) is 0 Å². The largest absolute Gasteiger partial charge is 0.264 e. The molecule has 5 heteroatoms. The van der Waals surface area contributed by atoms with Gasteiger partial charge in [-0.3, -0.25) is 9.97 Å². The van der Waals surface area contributed by atoms with Crippen LogP contribution in [-0.4, -0.2) is 24.9 Å². The third-order valence-electron chi connectivity index (χ3n) is 9.83. The van der Waals surface area contributed by atoms with E-state index in [1.54, 1.807) is 0 Å². The van der Waals surface area contributed by atoms with Crippen LogP contribution < -0.4 is 0 Å². The molecule has 10 rings (SSSR count). The highest BCUT2D eigenvalue weighted by molar-refractivity contribution is 6.01. The van der Waals surface area contributed by atoms with Crippen LogP contribution in [0.4, 0.5) is 0 Å². The first-order valence-corrected chi connectivity index (χ1v) is 17.3. The molecule has 3 aromatic heterocycles. The molecule has 52 heavy (non-hydrogen) atoms. The molecule has 0 fully saturated rings. The number of aromatic nitrogens is 5. The van der Waals surface area contributed by atoms with E-state index in [0.717, 1.165) is 71.3 Å². The van der Waals surface area contributed by atoms with Gasteiger partial charge in [-0.2, -0.15) is 0 Å². The maximum Gasteiger partial charge on any atom is 0.164 e. The summed E-state index contributed by atoms with van der Waals surface area (Å²) in [6, 6.07) is 53.1. The molecule has 0 radical (unpaired) electrons. The predicted octanol–water partition coefficient (Wildman–Crippen LogP) is 11.6. The Kier molecular flexibility index (Phi) is 7.07. The second-order valence-corrected chi connectivity index (χ2v) is 13.0. The Morgan fingerprint density at radius 2 is 0.712 bits per heavy atom. The zero-order valence-electron chi connectivity index (χ0n) is 28.0. The van der Waals surface area contributed by atoms with Gasteiger partial charge < -0.3 is 0 Å². The summed E-state index contributed by atoms with van der Waals surface area (Å²) in [5, 5.41) is 9.04. The summed E-state index contributed by atoms with van der Waals surface area (Å²) in [5.74, 6) is 1.85. The van der Waals surface area contributed by atoms with E-state index < -0.39 is 0 Å². The van der Waals surface area contributed by atoms with Crippen LogP contribution in [0.3, 0.4) is 0 Å². The van der Waals surface area contributed by atoms with Crippen molar-refractivity contribution >= 4 is 43.1 Å². The fourth-order valence-corrected chi connectivity index (χ4v) is 7.24. The SMILES string of the molecule is c1ccc2cc(-c3nc(-c4cc(-c5cccc6cnccc56)cc(-c5cccc6cnccc56)c4)nc(-c4ccc5ccccc5c4)n3)ccc2c1. The van der Waals surface area contributed by atoms with Crippen LogP contribution in [0.25, 0.3) is 99.5 Å². The molecule has 0 amide bonds. The molecule has 0 unspecified atom stereocenters. The lowest BCUT2D eigenvalue weighted by atomic mass is 9.92. The van der Waals surface area contributed by atoms with Gasteiger partial charge in [-0.15, -0.1) is 0 Å². The van der Waals surface area contributed by atoms with Crippen molar-refractivity contribution in [2.24, 2.45) is 0 Å². The van der Waals surface area contributed by atoms with Gasteiger partial charge in [-0.25, -0.2) is 15.0 Å². The minimum atomic E-state index is 0.605. The molecule has 242 valence electrons. The molecule has 5 nitrogen and oxygen atoms in total. The third kappa shape index (κ3) is 5.32. The monoisotopic (exact) mass is 663 g/mol. The molecular weight excluding hydrogens is 635 g/mol. The molecule has 0 saturated carbocycles. The van der Waals surface area contributed by atoms with Gasteiger partial charge >= 0.3 is 0 Å². The predicted molar refractivity (Wildman–Crippen MR) is 213 cm³/mol. The van der Waals surface area contributed by atoms with Crippen molar-refractivity contribution in [1.29, 1.82) is 0 Å². The summed E-state index contributed by atoms with van der Waals surface area (Å²) in [4.78, 5) is 24.3. The summed E-state index contributed by atoms with van der Waals surface area (Å²) in [7, 11) is 0. The number of hydrogen-bond donors (Lipinski definition) is 0. The molecule has 0 spiro atoms. The van der Waals surface area contributed by atoms with E-state index in [0.29, 0.717) is 17.5 Å². The lowest BCUT2D eigenvalue weighted by Crippen LogP contribution is -2.01. The number of fused-ring (bicyclic) bond motifs is 4. The van der Waals surface area contributed by atoms with Gasteiger partial charge in [0, 0.05) is 52.3 Å². The topological polar surface area (TPSA) is 64.5 Å². The average molecular weight is 664 g/mol. The first-order valence-electron chi connectivity index (χ1n) is 17.3. The second kappa shape index (κ2) is 12.3. The minimum Gasteiger partial charge on any atom is -0.264 e. The van der Waals surface area contributed by atoms with Gasteiger partial charge in [0.15, 0.2) is 17.5 Å². The summed E-state index contributed by atoms with van der Waals surface area (Å²) in [6.07, 6.45) is 7.54. The molecule has 10 aromatic rings. The van der Waals surface area contributed by atoms with Crippen molar-refractivity contribution in [3.8, 4) is 56.4 Å². The Hall–Kier alpha value is -7.11. The Labute approximate surface area is 300 Å². The van der Waals surface area contributed by atoms with Crippen LogP contribution in [0.1, 0.15) is 0 Å². The van der Waals surface area contributed by atoms with Gasteiger partial charge in [0.2, 0.25) is 0 Å². The van der Waals surface area contributed by atoms with Crippen LogP contribution >= 0.6 is 0 Å². The van der Waals surface area contributed by atoms with E-state index in [1.165, 1.54) is 10.8 Å². The van der Waals surface area contributed by atoms with E-state index in [4.69, 9.17) is 15.0 Å². The zero-order valence-corrected chi connectivity index (χ0v) is 28.0. The molecule has 0 atom stereocenters. The molecule has 0 saturated heterocycles. The molecule has 0 bridgehead atoms. The fourth-order valence-electron chi connectivity index (χ4n) is 7.24. The fraction of sp³-hybridized carbons (Fsp3) is 0. The van der Waals surface area contributed by atoms with E-state index >= 15 is 0 Å². The van der Waals surface area contributed by atoms with E-state index in [2.05, 4.69) is 162 Å². The Morgan fingerprint density at radius 1 is 0.288 bits per heavy atom. The lowest BCUT2D eigenvalue weighted by molar-refractivity contribution is 1.08. The molecule has 3 heterocycles. The Bertz CT molecular complexity index is 2780. The van der Waals surface area contributed by atoms with Crippen molar-refractivity contribution in [2.45, 2.75) is 0 Å². The second-order valence-electron chi connectivity index (χ2n) is 13.0. The Morgan fingerprint density at radius 3 is 1.21 bits per heavy atom. The van der Waals surface area contributed by atoms with Crippen LogP contribution in [0, 0.1) is 0 Å². The molecular formula is C47H29N5. The number of hydrogen-bond acceptors (Lipinski definition) is 5. The van der Waals surface area contributed by atoms with Crippen LogP contribution in [0.5, 0.6) is 0 Å². The summed E-state index contributed by atoms with van der Waals surface area (Å²) in [5.41, 5.74) is 7.13. The maximum absolute atomic E-state index is 5.22. The number of pyridine rings is 2. The standard InChI is InChI=1S/C47H29N5/c1-3-9-32-23-34(17-15-30(32)7-1)45-50-46(35-18-16-31-8-2-4-10-33(31)24-35)52-47(51-45)40-26-38(41-13-5-11-36-28-48-21-19-43(36)41)25-39(27-40)42-14-6-12-37-29-49-22-20-44(37)42/h1-29H. The van der Waals surface area contributed by atoms with Crippen molar-refractivity contribution in [1.82, 2.24) is 24.9 Å². The van der Waals surface area contributed by atoms with Crippen molar-refractivity contribution in [2.75, 3.05) is 0 Å². The molecule has 0 aliphatic rings. The first kappa shape index (κ1) is 29.8. The molecule has 0 N–H and O–H groups in total. The van der Waals surface area contributed by atoms with Gasteiger partial charge in [0.1, 0.15) is 0 Å². The summed E-state index contributed by atoms with van der Waals surface area (Å²) in [6.45, 7) is 0. The zero-order chi connectivity index (χ0) is 34.4. The van der Waals surface area contributed by atoms with E-state index in [-0.39, 0.29) is 0 Å². The van der Waals surface area contributed by atoms with Gasteiger partial charge in [0.25, 0.3) is 0 Å². The summed E-state index contributed by atoms with van der Waals surface area (Å²) < 4.78 is 0. The highest BCUT2D eigenvalue weighted by atomic mass is 15.0. The van der Waals surface area contributed by atoms with E-state index in [9.17, 15) is 0 Å². The van der Waals surface area contributed by atoms with Gasteiger partial charge in [-0.05, 0) is 97.0 Å². The third-order valence-corrected chi connectivity index (χ3v) is 9.83. The number of rotatable bonds is 5. The van der Waals surface area contributed by atoms with Crippen LogP contribution in [0.15, 0.2) is 176 Å². The highest BCUT2D eigenvalue weighted by Crippen LogP contribution is 2.38. The Balaban J connectivity index is 1.24. The van der Waals surface area contributed by atoms with Crippen LogP contribution in [-0.2, 0) is 0 Å². The molecule has 0 aliphatic carbocycles. The molecule has 0 aliphatic heterocycles. The number of nitrogens with zero attached hydrogens (tertiary/aromatic N) is 5. The average Bonchev–Trinajstić information content (AvgIpc) is 3.22. The van der Waals surface area contributed by atoms with Gasteiger partial charge in [0.05, 0.1) is 0 Å². The van der Waals surface area contributed by atoms with Crippen molar-refractivity contribution < 1.29 is 0 Å². The van der Waals surface area contributed by atoms with Crippen molar-refractivity contribution in [3.05, 3.63) is 176 Å². The lowest BCUT2D eigenvalue weighted by Gasteiger charge is -2.15. The van der Waals surface area contributed by atoms with E-state index in [1.807, 2.05) is 24.8 Å². The normalized spacial score (nSPS) is 11.5. The van der Waals surface area contributed by atoms with Gasteiger partial charge in [-0.1, -0.05) is 109 Å². The maximum atomic E-state index is 5.22. The summed E-state index contributed by atoms with van der Waals surface area (Å²) >= 11 is 0. The highest BCUT2D eigenvalue weighted by Gasteiger charge is 2.17.